The molecule has 0 saturated heterocycles. The van der Waals surface area contributed by atoms with Crippen LogP contribution in [-0.4, -0.2) is 6.85 Å². The van der Waals surface area contributed by atoms with Gasteiger partial charge in [0.1, 0.15) is 0 Å². The molecule has 0 aromatic heterocycles. The molecule has 1 heterocycles. The third kappa shape index (κ3) is 3.92. The van der Waals surface area contributed by atoms with Gasteiger partial charge < -0.3 is 4.81 Å². The molecule has 0 amide bonds. The van der Waals surface area contributed by atoms with E-state index in [0.717, 1.165) is 0 Å². The number of nitrogens with zero attached hydrogens (tertiary/aromatic N) is 1. The summed E-state index contributed by atoms with van der Waals surface area (Å²) in [6, 6.07) is 56.9. The van der Waals surface area contributed by atoms with E-state index in [0.29, 0.717) is 0 Å². The summed E-state index contributed by atoms with van der Waals surface area (Å²) in [5, 5.41) is 0. The Morgan fingerprint density at radius 2 is 0.921 bits per heavy atom. The average molecular weight is 483 g/mol. The first-order valence-electron chi connectivity index (χ1n) is 13.2. The number of hydrogen-bond acceptors (Lipinski definition) is 1. The Bertz CT molecular complexity index is 1690. The van der Waals surface area contributed by atoms with E-state index in [9.17, 15) is 0 Å². The Hall–Kier alpha value is -4.82. The monoisotopic (exact) mass is 483 g/mol. The van der Waals surface area contributed by atoms with Gasteiger partial charge in [0, 0.05) is 16.9 Å². The molecule has 0 unspecified atom stereocenters. The van der Waals surface area contributed by atoms with Crippen LogP contribution in [0.3, 0.4) is 0 Å². The summed E-state index contributed by atoms with van der Waals surface area (Å²) in [6.45, 7) is 0.0741. The maximum atomic E-state index is 2.51. The van der Waals surface area contributed by atoms with Crippen molar-refractivity contribution in [1.29, 1.82) is 0 Å². The Morgan fingerprint density at radius 3 is 1.61 bits per heavy atom. The van der Waals surface area contributed by atoms with Crippen LogP contribution in [0.4, 0.5) is 11.4 Å². The summed E-state index contributed by atoms with van der Waals surface area (Å²) in [5.74, 6) is 0. The zero-order chi connectivity index (χ0) is 25.3. The predicted molar refractivity (Wildman–Crippen MR) is 163 cm³/mol. The fourth-order valence-electron chi connectivity index (χ4n) is 5.73. The highest BCUT2D eigenvalue weighted by Crippen LogP contribution is 2.42. The smallest absolute Gasteiger partial charge is 0.328 e. The highest BCUT2D eigenvalue weighted by atomic mass is 15.1. The Morgan fingerprint density at radius 1 is 0.395 bits per heavy atom. The quantitative estimate of drug-likeness (QED) is 0.230. The highest BCUT2D eigenvalue weighted by molar-refractivity contribution is 6.90. The van der Waals surface area contributed by atoms with Crippen LogP contribution in [0.15, 0.2) is 158 Å². The van der Waals surface area contributed by atoms with E-state index in [1.165, 1.54) is 55.7 Å². The Kier molecular flexibility index (Phi) is 5.64. The number of benzene rings is 6. The zero-order valence-corrected chi connectivity index (χ0v) is 21.0. The van der Waals surface area contributed by atoms with Crippen molar-refractivity contribution in [3.8, 4) is 33.4 Å². The lowest BCUT2D eigenvalue weighted by molar-refractivity contribution is 1.36. The van der Waals surface area contributed by atoms with Crippen LogP contribution in [0.2, 0.25) is 0 Å². The van der Waals surface area contributed by atoms with Crippen molar-refractivity contribution in [3.63, 3.8) is 0 Å². The highest BCUT2D eigenvalue weighted by Gasteiger charge is 2.36. The normalized spacial score (nSPS) is 12.1. The number of fused-ring (bicyclic) bond motifs is 3. The molecule has 178 valence electrons. The van der Waals surface area contributed by atoms with E-state index in [-0.39, 0.29) is 6.85 Å². The van der Waals surface area contributed by atoms with Crippen molar-refractivity contribution in [2.24, 2.45) is 0 Å². The molecule has 6 aromatic carbocycles. The van der Waals surface area contributed by atoms with Gasteiger partial charge in [-0.15, -0.1) is 0 Å². The van der Waals surface area contributed by atoms with Crippen LogP contribution >= 0.6 is 0 Å². The molecule has 1 aliphatic heterocycles. The minimum atomic E-state index is 0.0741. The van der Waals surface area contributed by atoms with E-state index in [2.05, 4.69) is 163 Å². The molecule has 6 aromatic rings. The molecule has 1 nitrogen and oxygen atoms in total. The molecule has 0 saturated carbocycles. The van der Waals surface area contributed by atoms with E-state index >= 15 is 0 Å². The third-order valence-corrected chi connectivity index (χ3v) is 7.53. The van der Waals surface area contributed by atoms with Gasteiger partial charge in [-0.2, -0.15) is 0 Å². The number of rotatable bonds is 4. The molecule has 0 atom stereocenters. The van der Waals surface area contributed by atoms with Crippen LogP contribution < -0.4 is 15.7 Å². The van der Waals surface area contributed by atoms with Crippen molar-refractivity contribution in [2.75, 3.05) is 4.81 Å². The van der Waals surface area contributed by atoms with E-state index < -0.39 is 0 Å². The summed E-state index contributed by atoms with van der Waals surface area (Å²) >= 11 is 0. The maximum absolute atomic E-state index is 2.51. The van der Waals surface area contributed by atoms with Crippen LogP contribution in [0.5, 0.6) is 0 Å². The molecule has 0 aliphatic carbocycles. The van der Waals surface area contributed by atoms with Gasteiger partial charge in [0.05, 0.1) is 0 Å². The van der Waals surface area contributed by atoms with E-state index in [1.54, 1.807) is 0 Å². The molecule has 0 N–H and O–H groups in total. The van der Waals surface area contributed by atoms with E-state index in [1.807, 2.05) is 0 Å². The van der Waals surface area contributed by atoms with Gasteiger partial charge >= 0.3 is 6.85 Å². The molecule has 1 aliphatic rings. The van der Waals surface area contributed by atoms with Crippen molar-refractivity contribution >= 4 is 29.1 Å². The lowest BCUT2D eigenvalue weighted by Gasteiger charge is -2.39. The zero-order valence-electron chi connectivity index (χ0n) is 21.0. The van der Waals surface area contributed by atoms with Gasteiger partial charge in [-0.3, -0.25) is 0 Å². The standard InChI is InChI=1S/C36H26BN/c1-4-12-27(13-5-1)29-20-23-32(24-21-29)38-36-25-22-30(28-14-6-2-7-15-28)26-34(36)33-18-10-11-19-35(33)37(38)31-16-8-3-9-17-31/h1-26H. The second-order valence-electron chi connectivity index (χ2n) is 9.78. The molecule has 7 rings (SSSR count). The minimum absolute atomic E-state index is 0.0741. The topological polar surface area (TPSA) is 3.24 Å². The van der Waals surface area contributed by atoms with Crippen LogP contribution in [0.1, 0.15) is 0 Å². The molecule has 2 heteroatoms. The van der Waals surface area contributed by atoms with E-state index in [4.69, 9.17) is 0 Å². The van der Waals surface area contributed by atoms with Crippen molar-refractivity contribution in [2.45, 2.75) is 0 Å². The molecular weight excluding hydrogens is 457 g/mol. The first-order valence-corrected chi connectivity index (χ1v) is 13.2. The van der Waals surface area contributed by atoms with Crippen LogP contribution in [0.25, 0.3) is 33.4 Å². The number of hydrogen-bond donors (Lipinski definition) is 0. The average Bonchev–Trinajstić information content (AvgIpc) is 3.01. The van der Waals surface area contributed by atoms with Gasteiger partial charge in [0.25, 0.3) is 0 Å². The van der Waals surface area contributed by atoms with Gasteiger partial charge in [0.2, 0.25) is 0 Å². The van der Waals surface area contributed by atoms with Gasteiger partial charge in [-0.25, -0.2) is 0 Å². The second-order valence-corrected chi connectivity index (χ2v) is 9.78. The molecule has 0 spiro atoms. The molecule has 0 fully saturated rings. The SMILES string of the molecule is c1ccc(B2c3ccccc3-c3cc(-c4ccccc4)ccc3N2c2ccc(-c3ccccc3)cc2)cc1. The molecule has 0 bridgehead atoms. The molecule has 38 heavy (non-hydrogen) atoms. The summed E-state index contributed by atoms with van der Waals surface area (Å²) in [7, 11) is 0. The summed E-state index contributed by atoms with van der Waals surface area (Å²) in [5.41, 5.74) is 12.5. The van der Waals surface area contributed by atoms with Gasteiger partial charge in [0.15, 0.2) is 0 Å². The van der Waals surface area contributed by atoms with Crippen molar-refractivity contribution in [3.05, 3.63) is 158 Å². The van der Waals surface area contributed by atoms with Crippen molar-refractivity contribution in [1.82, 2.24) is 0 Å². The lowest BCUT2D eigenvalue weighted by Crippen LogP contribution is -2.57. The number of anilines is 2. The summed E-state index contributed by atoms with van der Waals surface area (Å²) < 4.78 is 0. The minimum Gasteiger partial charge on any atom is -0.376 e. The maximum Gasteiger partial charge on any atom is 0.328 e. The summed E-state index contributed by atoms with van der Waals surface area (Å²) in [4.78, 5) is 2.51. The fraction of sp³-hybridized carbons (Fsp3) is 0. The second kappa shape index (κ2) is 9.57. The van der Waals surface area contributed by atoms with Crippen LogP contribution in [-0.2, 0) is 0 Å². The summed E-state index contributed by atoms with van der Waals surface area (Å²) in [6.07, 6.45) is 0. The van der Waals surface area contributed by atoms with Gasteiger partial charge in [-0.1, -0.05) is 139 Å². The first-order chi connectivity index (χ1) is 18.9. The molecular formula is C36H26BN. The molecule has 0 radical (unpaired) electrons. The Balaban J connectivity index is 1.43. The third-order valence-electron chi connectivity index (χ3n) is 7.53. The lowest BCUT2D eigenvalue weighted by atomic mass is 9.45. The predicted octanol–water partition coefficient (Wildman–Crippen LogP) is 7.95. The van der Waals surface area contributed by atoms with Gasteiger partial charge in [-0.05, 0) is 57.5 Å². The van der Waals surface area contributed by atoms with Crippen molar-refractivity contribution < 1.29 is 0 Å². The fourth-order valence-corrected chi connectivity index (χ4v) is 5.73. The first kappa shape index (κ1) is 22.4. The van der Waals surface area contributed by atoms with Crippen LogP contribution in [0, 0.1) is 0 Å². The largest absolute Gasteiger partial charge is 0.376 e. The Labute approximate surface area is 224 Å².